The van der Waals surface area contributed by atoms with Crippen LogP contribution in [-0.4, -0.2) is 18.4 Å². The Morgan fingerprint density at radius 2 is 2.00 bits per heavy atom. The second-order valence-corrected chi connectivity index (χ2v) is 4.13. The van der Waals surface area contributed by atoms with E-state index >= 15 is 0 Å². The predicted octanol–water partition coefficient (Wildman–Crippen LogP) is 2.53. The van der Waals surface area contributed by atoms with E-state index in [4.69, 9.17) is 0 Å². The number of carbonyl (C=O) groups is 1. The molecule has 0 aliphatic heterocycles. The predicted molar refractivity (Wildman–Crippen MR) is 64.7 cm³/mol. The van der Waals surface area contributed by atoms with Gasteiger partial charge in [0.15, 0.2) is 0 Å². The fourth-order valence-corrected chi connectivity index (χ4v) is 1.47. The van der Waals surface area contributed by atoms with Crippen molar-refractivity contribution >= 4 is 5.78 Å². The number of hydrogen-bond donors (Lipinski definition) is 1. The zero-order valence-electron chi connectivity index (χ0n) is 10.4. The van der Waals surface area contributed by atoms with Crippen LogP contribution in [0.3, 0.4) is 0 Å². The van der Waals surface area contributed by atoms with E-state index in [0.717, 1.165) is 32.1 Å². The number of ketones is 1. The molecule has 0 saturated carbocycles. The van der Waals surface area contributed by atoms with Gasteiger partial charge in [-0.2, -0.15) is 0 Å². The molecule has 0 saturated heterocycles. The molecule has 0 bridgehead atoms. The van der Waals surface area contributed by atoms with Gasteiger partial charge in [0, 0.05) is 6.42 Å². The Bertz CT molecular complexity index is 249. The average molecular weight is 209 g/mol. The summed E-state index contributed by atoms with van der Waals surface area (Å²) in [6.07, 6.45) is 5.27. The Morgan fingerprint density at radius 3 is 2.47 bits per heavy atom. The molecular weight excluding hydrogens is 186 g/mol. The van der Waals surface area contributed by atoms with Gasteiger partial charge < -0.3 is 5.32 Å². The maximum Gasteiger partial charge on any atom is 0.149 e. The quantitative estimate of drug-likeness (QED) is 0.515. The number of likely N-dealkylation sites (N-methyl/N-ethyl adjacent to an activating group) is 1. The third-order valence-electron chi connectivity index (χ3n) is 2.98. The van der Waals surface area contributed by atoms with E-state index < -0.39 is 0 Å². The largest absolute Gasteiger partial charge is 0.308 e. The molecule has 0 aliphatic carbocycles. The Morgan fingerprint density at radius 1 is 1.33 bits per heavy atom. The number of Topliss-reactive ketones (excluding diaryl/α,β-unsaturated/α-hetero) is 1. The van der Waals surface area contributed by atoms with Gasteiger partial charge in [-0.25, -0.2) is 0 Å². The Kier molecular flexibility index (Phi) is 7.07. The average Bonchev–Trinajstić information content (AvgIpc) is 2.22. The molecule has 1 atom stereocenters. The molecule has 86 valence electrons. The molecule has 0 aromatic rings. The van der Waals surface area contributed by atoms with E-state index in [1.807, 2.05) is 20.9 Å². The van der Waals surface area contributed by atoms with Gasteiger partial charge in [-0.1, -0.05) is 12.8 Å². The summed E-state index contributed by atoms with van der Waals surface area (Å²) in [5.74, 6) is 6.16. The van der Waals surface area contributed by atoms with Gasteiger partial charge in [0.1, 0.15) is 5.78 Å². The van der Waals surface area contributed by atoms with Crippen molar-refractivity contribution in [1.82, 2.24) is 5.32 Å². The van der Waals surface area contributed by atoms with Crippen molar-refractivity contribution in [2.45, 2.75) is 58.4 Å². The molecule has 1 N–H and O–H groups in total. The highest BCUT2D eigenvalue weighted by atomic mass is 16.1. The highest BCUT2D eigenvalue weighted by Gasteiger charge is 2.26. The van der Waals surface area contributed by atoms with E-state index in [2.05, 4.69) is 17.2 Å². The number of carbonyl (C=O) groups excluding carboxylic acids is 1. The van der Waals surface area contributed by atoms with Crippen molar-refractivity contribution in [3.8, 4) is 11.8 Å². The minimum atomic E-state index is -0.337. The van der Waals surface area contributed by atoms with Gasteiger partial charge in [0.05, 0.1) is 5.54 Å². The molecule has 0 spiro atoms. The third kappa shape index (κ3) is 5.59. The standard InChI is InChI=1S/C13H23NO/c1-5-6-7-8-9-10-11-13(3,14-4)12(2)15/h14H,7-11H2,1-4H3/t13-/m1/s1. The number of nitrogens with one attached hydrogen (secondary N) is 1. The van der Waals surface area contributed by atoms with E-state index in [1.54, 1.807) is 6.92 Å². The first kappa shape index (κ1) is 14.2. The second-order valence-electron chi connectivity index (χ2n) is 4.13. The highest BCUT2D eigenvalue weighted by Crippen LogP contribution is 2.15. The van der Waals surface area contributed by atoms with Crippen molar-refractivity contribution in [3.63, 3.8) is 0 Å². The van der Waals surface area contributed by atoms with Gasteiger partial charge in [-0.05, 0) is 40.7 Å². The molecule has 2 heteroatoms. The van der Waals surface area contributed by atoms with Crippen LogP contribution < -0.4 is 5.32 Å². The van der Waals surface area contributed by atoms with Gasteiger partial charge >= 0.3 is 0 Å². The summed E-state index contributed by atoms with van der Waals surface area (Å²) in [4.78, 5) is 11.4. The van der Waals surface area contributed by atoms with Crippen molar-refractivity contribution in [1.29, 1.82) is 0 Å². The van der Waals surface area contributed by atoms with E-state index in [0.29, 0.717) is 0 Å². The second kappa shape index (κ2) is 7.48. The lowest BCUT2D eigenvalue weighted by atomic mass is 9.90. The van der Waals surface area contributed by atoms with Crippen LogP contribution >= 0.6 is 0 Å². The zero-order chi connectivity index (χ0) is 11.7. The van der Waals surface area contributed by atoms with Crippen LogP contribution in [0.4, 0.5) is 0 Å². The lowest BCUT2D eigenvalue weighted by Crippen LogP contribution is -2.46. The fraction of sp³-hybridized carbons (Fsp3) is 0.769. The zero-order valence-corrected chi connectivity index (χ0v) is 10.4. The van der Waals surface area contributed by atoms with Gasteiger partial charge in [-0.3, -0.25) is 4.79 Å². The third-order valence-corrected chi connectivity index (χ3v) is 2.98. The maximum atomic E-state index is 11.4. The van der Waals surface area contributed by atoms with Crippen LogP contribution in [0, 0.1) is 11.8 Å². The first-order valence-corrected chi connectivity index (χ1v) is 5.66. The molecule has 2 nitrogen and oxygen atoms in total. The molecule has 0 amide bonds. The summed E-state index contributed by atoms with van der Waals surface area (Å²) >= 11 is 0. The minimum Gasteiger partial charge on any atom is -0.308 e. The SMILES string of the molecule is CC#CCCCCC[C@@](C)(NC)C(C)=O. The summed E-state index contributed by atoms with van der Waals surface area (Å²) in [7, 11) is 1.85. The van der Waals surface area contributed by atoms with Crippen LogP contribution in [0.1, 0.15) is 52.9 Å². The minimum absolute atomic E-state index is 0.221. The van der Waals surface area contributed by atoms with Crippen molar-refractivity contribution in [3.05, 3.63) is 0 Å². The summed E-state index contributed by atoms with van der Waals surface area (Å²) in [6.45, 7) is 5.49. The van der Waals surface area contributed by atoms with Crippen LogP contribution in [0.5, 0.6) is 0 Å². The molecule has 15 heavy (non-hydrogen) atoms. The van der Waals surface area contributed by atoms with Crippen LogP contribution in [-0.2, 0) is 4.79 Å². The topological polar surface area (TPSA) is 29.1 Å². The first-order chi connectivity index (χ1) is 7.06. The monoisotopic (exact) mass is 209 g/mol. The number of unbranched alkanes of at least 4 members (excludes halogenated alkanes) is 3. The number of rotatable bonds is 7. The van der Waals surface area contributed by atoms with Gasteiger partial charge in [-0.15, -0.1) is 11.8 Å². The van der Waals surface area contributed by atoms with Crippen LogP contribution in [0.15, 0.2) is 0 Å². The maximum absolute atomic E-state index is 11.4. The van der Waals surface area contributed by atoms with Crippen molar-refractivity contribution in [2.75, 3.05) is 7.05 Å². The highest BCUT2D eigenvalue weighted by molar-refractivity contribution is 5.85. The van der Waals surface area contributed by atoms with Crippen LogP contribution in [0.25, 0.3) is 0 Å². The molecule has 0 heterocycles. The molecule has 0 aromatic carbocycles. The molecule has 0 aliphatic rings. The Balaban J connectivity index is 3.72. The van der Waals surface area contributed by atoms with E-state index in [1.165, 1.54) is 0 Å². The van der Waals surface area contributed by atoms with Crippen LogP contribution in [0.2, 0.25) is 0 Å². The summed E-state index contributed by atoms with van der Waals surface area (Å²) in [5.41, 5.74) is -0.337. The first-order valence-electron chi connectivity index (χ1n) is 5.66. The molecule has 0 rings (SSSR count). The fourth-order valence-electron chi connectivity index (χ4n) is 1.47. The van der Waals surface area contributed by atoms with E-state index in [-0.39, 0.29) is 11.3 Å². The summed E-state index contributed by atoms with van der Waals surface area (Å²) in [5, 5.41) is 3.10. The summed E-state index contributed by atoms with van der Waals surface area (Å²) < 4.78 is 0. The van der Waals surface area contributed by atoms with Gasteiger partial charge in [0.25, 0.3) is 0 Å². The summed E-state index contributed by atoms with van der Waals surface area (Å²) in [6, 6.07) is 0. The van der Waals surface area contributed by atoms with Crippen molar-refractivity contribution in [2.24, 2.45) is 0 Å². The molecule has 0 unspecified atom stereocenters. The lowest BCUT2D eigenvalue weighted by Gasteiger charge is -2.25. The van der Waals surface area contributed by atoms with E-state index in [9.17, 15) is 4.79 Å². The lowest BCUT2D eigenvalue weighted by molar-refractivity contribution is -0.122. The number of hydrogen-bond acceptors (Lipinski definition) is 2. The van der Waals surface area contributed by atoms with Gasteiger partial charge in [0.2, 0.25) is 0 Å². The normalized spacial score (nSPS) is 13.9. The van der Waals surface area contributed by atoms with Crippen molar-refractivity contribution < 1.29 is 4.79 Å². The molecular formula is C13H23NO. The molecule has 0 radical (unpaired) electrons. The smallest absolute Gasteiger partial charge is 0.149 e. The molecule has 0 fully saturated rings. The Labute approximate surface area is 93.8 Å². The molecule has 0 aromatic heterocycles. The Hall–Kier alpha value is -0.810.